The molecule has 39 heavy (non-hydrogen) atoms. The van der Waals surface area contributed by atoms with Crippen molar-refractivity contribution in [3.63, 3.8) is 0 Å². The summed E-state index contributed by atoms with van der Waals surface area (Å²) in [4.78, 5) is 41.4. The molecule has 1 amide bonds. The smallest absolute Gasteiger partial charge is 0.295 e. The van der Waals surface area contributed by atoms with E-state index in [-0.39, 0.29) is 16.8 Å². The number of nitro benzene ring substituents is 1. The first-order valence-electron chi connectivity index (χ1n) is 14.0. The number of hydrogen-bond acceptors (Lipinski definition) is 6. The summed E-state index contributed by atoms with van der Waals surface area (Å²) in [6.45, 7) is 11.7. The SMILES string of the molecule is CCCCN(CCCC)CCCN1C(=O)C(=O)C(=C(O)c2cccc([N+](=O)[O-])c2)[C@@H]1c1ccc(C(C)C)cc1. The van der Waals surface area contributed by atoms with Gasteiger partial charge in [0, 0.05) is 24.2 Å². The summed E-state index contributed by atoms with van der Waals surface area (Å²) in [6.07, 6.45) is 5.14. The number of non-ortho nitro benzene ring substituents is 1. The molecule has 0 aliphatic carbocycles. The Labute approximate surface area is 231 Å². The summed E-state index contributed by atoms with van der Waals surface area (Å²) in [5, 5.41) is 22.6. The van der Waals surface area contributed by atoms with E-state index >= 15 is 0 Å². The van der Waals surface area contributed by atoms with Crippen LogP contribution in [-0.4, -0.2) is 57.7 Å². The molecule has 1 heterocycles. The molecular weight excluding hydrogens is 494 g/mol. The highest BCUT2D eigenvalue weighted by Crippen LogP contribution is 2.40. The maximum atomic E-state index is 13.3. The van der Waals surface area contributed by atoms with Gasteiger partial charge in [-0.05, 0) is 55.9 Å². The number of benzene rings is 2. The predicted molar refractivity (Wildman–Crippen MR) is 154 cm³/mol. The van der Waals surface area contributed by atoms with Crippen molar-refractivity contribution >= 4 is 23.1 Å². The van der Waals surface area contributed by atoms with Crippen LogP contribution in [0.2, 0.25) is 0 Å². The fourth-order valence-corrected chi connectivity index (χ4v) is 5.01. The second-order valence-corrected chi connectivity index (χ2v) is 10.5. The molecule has 0 radical (unpaired) electrons. The van der Waals surface area contributed by atoms with Gasteiger partial charge < -0.3 is 14.9 Å². The van der Waals surface area contributed by atoms with Gasteiger partial charge in [0.2, 0.25) is 0 Å². The molecule has 1 aliphatic rings. The standard InChI is InChI=1S/C31H41N3O5/c1-5-7-17-32(18-8-6-2)19-10-20-33-28(24-15-13-23(14-16-24)22(3)4)27(30(36)31(33)37)29(35)25-11-9-12-26(21-25)34(38)39/h9,11-16,21-22,28,35H,5-8,10,17-20H2,1-4H3/t28-/m0/s1. The highest BCUT2D eigenvalue weighted by Gasteiger charge is 2.45. The number of hydrogen-bond donors (Lipinski definition) is 1. The van der Waals surface area contributed by atoms with E-state index in [4.69, 9.17) is 0 Å². The number of Topliss-reactive ketones (excluding diaryl/α,β-unsaturated/α-hetero) is 1. The van der Waals surface area contributed by atoms with E-state index in [0.717, 1.165) is 56.4 Å². The molecular formula is C31H41N3O5. The van der Waals surface area contributed by atoms with Crippen LogP contribution in [0.15, 0.2) is 54.1 Å². The summed E-state index contributed by atoms with van der Waals surface area (Å²) < 4.78 is 0. The first-order valence-corrected chi connectivity index (χ1v) is 14.0. The number of nitro groups is 1. The average molecular weight is 536 g/mol. The minimum absolute atomic E-state index is 0.0355. The number of rotatable bonds is 14. The van der Waals surface area contributed by atoms with E-state index < -0.39 is 28.4 Å². The van der Waals surface area contributed by atoms with E-state index in [1.165, 1.54) is 24.3 Å². The Hall–Kier alpha value is -3.52. The number of unbranched alkanes of at least 4 members (excludes halogenated alkanes) is 2. The van der Waals surface area contributed by atoms with Crippen molar-refractivity contribution in [2.45, 2.75) is 71.8 Å². The highest BCUT2D eigenvalue weighted by molar-refractivity contribution is 6.46. The van der Waals surface area contributed by atoms with Gasteiger partial charge in [-0.3, -0.25) is 19.7 Å². The highest BCUT2D eigenvalue weighted by atomic mass is 16.6. The van der Waals surface area contributed by atoms with Gasteiger partial charge in [-0.2, -0.15) is 0 Å². The first-order chi connectivity index (χ1) is 18.7. The summed E-state index contributed by atoms with van der Waals surface area (Å²) in [5.41, 5.74) is 1.74. The number of nitrogens with zero attached hydrogens (tertiary/aromatic N) is 3. The third-order valence-electron chi connectivity index (χ3n) is 7.32. The van der Waals surface area contributed by atoms with Crippen molar-refractivity contribution in [3.8, 4) is 0 Å². The van der Waals surface area contributed by atoms with E-state index in [9.17, 15) is 24.8 Å². The predicted octanol–water partition coefficient (Wildman–Crippen LogP) is 6.43. The zero-order valence-corrected chi connectivity index (χ0v) is 23.6. The van der Waals surface area contributed by atoms with Crippen molar-refractivity contribution in [3.05, 3.63) is 80.9 Å². The second kappa shape index (κ2) is 14.0. The van der Waals surface area contributed by atoms with Crippen molar-refractivity contribution in [2.24, 2.45) is 0 Å². The van der Waals surface area contributed by atoms with Gasteiger partial charge in [0.25, 0.3) is 17.4 Å². The number of likely N-dealkylation sites (tertiary alicyclic amines) is 1. The number of aliphatic hydroxyl groups excluding tert-OH is 1. The minimum atomic E-state index is -0.773. The Bertz CT molecular complexity index is 1180. The number of carbonyl (C=O) groups excluding carboxylic acids is 2. The quantitative estimate of drug-likeness (QED) is 0.0982. The van der Waals surface area contributed by atoms with Crippen LogP contribution >= 0.6 is 0 Å². The fourth-order valence-electron chi connectivity index (χ4n) is 5.01. The van der Waals surface area contributed by atoms with Gasteiger partial charge in [0.1, 0.15) is 5.76 Å². The molecule has 0 bridgehead atoms. The number of ketones is 1. The van der Waals surface area contributed by atoms with Gasteiger partial charge in [-0.15, -0.1) is 0 Å². The van der Waals surface area contributed by atoms with Crippen LogP contribution in [0, 0.1) is 10.1 Å². The van der Waals surface area contributed by atoms with Crippen molar-refractivity contribution < 1.29 is 19.6 Å². The molecule has 3 rings (SSSR count). The van der Waals surface area contributed by atoms with Crippen molar-refractivity contribution in [1.82, 2.24) is 9.80 Å². The third kappa shape index (κ3) is 7.32. The fraction of sp³-hybridized carbons (Fsp3) is 0.484. The first kappa shape index (κ1) is 30.0. The van der Waals surface area contributed by atoms with E-state index in [0.29, 0.717) is 18.9 Å². The molecule has 1 N–H and O–H groups in total. The lowest BCUT2D eigenvalue weighted by Gasteiger charge is -2.27. The number of aliphatic hydroxyl groups is 1. The van der Waals surface area contributed by atoms with Gasteiger partial charge in [0.05, 0.1) is 16.5 Å². The number of amides is 1. The largest absolute Gasteiger partial charge is 0.507 e. The molecule has 8 nitrogen and oxygen atoms in total. The topological polar surface area (TPSA) is 104 Å². The van der Waals surface area contributed by atoms with Gasteiger partial charge in [0.15, 0.2) is 0 Å². The molecule has 0 aromatic heterocycles. The Morgan fingerprint density at radius 3 is 2.18 bits per heavy atom. The zero-order valence-electron chi connectivity index (χ0n) is 23.6. The lowest BCUT2D eigenvalue weighted by atomic mass is 9.93. The maximum absolute atomic E-state index is 13.3. The van der Waals surface area contributed by atoms with Crippen LogP contribution in [0.4, 0.5) is 5.69 Å². The average Bonchev–Trinajstić information content (AvgIpc) is 3.18. The summed E-state index contributed by atoms with van der Waals surface area (Å²) >= 11 is 0. The molecule has 1 aliphatic heterocycles. The van der Waals surface area contributed by atoms with E-state index in [1.54, 1.807) is 4.90 Å². The molecule has 1 fully saturated rings. The lowest BCUT2D eigenvalue weighted by molar-refractivity contribution is -0.384. The van der Waals surface area contributed by atoms with Gasteiger partial charge in [-0.25, -0.2) is 0 Å². The molecule has 0 unspecified atom stereocenters. The Kier molecular flexibility index (Phi) is 10.8. The molecule has 2 aromatic rings. The lowest BCUT2D eigenvalue weighted by Crippen LogP contribution is -2.34. The summed E-state index contributed by atoms with van der Waals surface area (Å²) in [7, 11) is 0. The molecule has 1 saturated heterocycles. The van der Waals surface area contributed by atoms with Crippen molar-refractivity contribution in [2.75, 3.05) is 26.2 Å². The monoisotopic (exact) mass is 535 g/mol. The normalized spacial score (nSPS) is 17.0. The van der Waals surface area contributed by atoms with Gasteiger partial charge >= 0.3 is 0 Å². The molecule has 8 heteroatoms. The third-order valence-corrected chi connectivity index (χ3v) is 7.32. The van der Waals surface area contributed by atoms with Crippen LogP contribution in [0.25, 0.3) is 5.76 Å². The molecule has 1 atom stereocenters. The maximum Gasteiger partial charge on any atom is 0.295 e. The van der Waals surface area contributed by atoms with Crippen LogP contribution in [0.5, 0.6) is 0 Å². The molecule has 0 spiro atoms. The molecule has 210 valence electrons. The van der Waals surface area contributed by atoms with Crippen LogP contribution in [0.3, 0.4) is 0 Å². The van der Waals surface area contributed by atoms with Gasteiger partial charge in [-0.1, -0.05) is 76.9 Å². The second-order valence-electron chi connectivity index (χ2n) is 10.5. The number of carbonyl (C=O) groups is 2. The van der Waals surface area contributed by atoms with Crippen molar-refractivity contribution in [1.29, 1.82) is 0 Å². The Morgan fingerprint density at radius 2 is 1.62 bits per heavy atom. The Morgan fingerprint density at radius 1 is 1.00 bits per heavy atom. The van der Waals surface area contributed by atoms with Crippen LogP contribution in [0.1, 0.15) is 88.4 Å². The van der Waals surface area contributed by atoms with E-state index in [1.807, 2.05) is 24.3 Å². The summed E-state index contributed by atoms with van der Waals surface area (Å²) in [5.74, 6) is -1.52. The molecule has 2 aromatic carbocycles. The van der Waals surface area contributed by atoms with E-state index in [2.05, 4.69) is 32.6 Å². The Balaban J connectivity index is 1.98. The van der Waals surface area contributed by atoms with Crippen LogP contribution < -0.4 is 0 Å². The van der Waals surface area contributed by atoms with Crippen LogP contribution in [-0.2, 0) is 9.59 Å². The zero-order chi connectivity index (χ0) is 28.5. The molecule has 0 saturated carbocycles. The summed E-state index contributed by atoms with van der Waals surface area (Å²) in [6, 6.07) is 12.5. The minimum Gasteiger partial charge on any atom is -0.507 e.